The summed E-state index contributed by atoms with van der Waals surface area (Å²) in [5.41, 5.74) is 10.4. The molecule has 8 nitrogen and oxygen atoms in total. The van der Waals surface area contributed by atoms with E-state index in [4.69, 9.17) is 15.8 Å². The van der Waals surface area contributed by atoms with E-state index in [1.807, 2.05) is 22.7 Å². The smallest absolute Gasteiger partial charge is 0.239 e. The van der Waals surface area contributed by atoms with Crippen LogP contribution in [-0.2, 0) is 24.2 Å². The van der Waals surface area contributed by atoms with Crippen molar-refractivity contribution in [2.45, 2.75) is 38.6 Å². The first kappa shape index (κ1) is 21.3. The van der Waals surface area contributed by atoms with Crippen LogP contribution in [0.3, 0.4) is 0 Å². The number of benzene rings is 1. The van der Waals surface area contributed by atoms with E-state index in [0.717, 1.165) is 29.1 Å². The van der Waals surface area contributed by atoms with Gasteiger partial charge in [-0.05, 0) is 68.6 Å². The number of carbonyl (C=O) groups is 1. The van der Waals surface area contributed by atoms with E-state index in [9.17, 15) is 4.79 Å². The molecule has 3 aromatic heterocycles. The molecular formula is C25H29N7O. The molecule has 0 spiro atoms. The summed E-state index contributed by atoms with van der Waals surface area (Å²) >= 11 is 0. The maximum atomic E-state index is 11.2. The standard InChI is InChI=1S/C25H29N7O/c26-23(33)18-31-17-21(16-27-31)22-6-3-7-25-28-24(29-32(22)25)15-20-10-8-19(9-11-20)5-4-14-30-12-1-2-13-30/h3,6-11,16-17H,1-2,4-5,12-15,18H2,(H2,26,33). The molecule has 170 valence electrons. The van der Waals surface area contributed by atoms with E-state index >= 15 is 0 Å². The number of amides is 1. The lowest BCUT2D eigenvalue weighted by atomic mass is 10.1. The van der Waals surface area contributed by atoms with E-state index in [1.165, 1.54) is 54.7 Å². The average Bonchev–Trinajstić information content (AvgIpc) is 3.55. The van der Waals surface area contributed by atoms with Crippen LogP contribution in [0.4, 0.5) is 0 Å². The van der Waals surface area contributed by atoms with E-state index < -0.39 is 5.91 Å². The molecule has 33 heavy (non-hydrogen) atoms. The number of nitrogens with two attached hydrogens (primary N) is 1. The van der Waals surface area contributed by atoms with Crippen molar-refractivity contribution in [2.75, 3.05) is 19.6 Å². The van der Waals surface area contributed by atoms with Gasteiger partial charge in [-0.2, -0.15) is 10.2 Å². The number of primary amides is 1. The van der Waals surface area contributed by atoms with Gasteiger partial charge in [0.25, 0.3) is 0 Å². The molecule has 4 heterocycles. The topological polar surface area (TPSA) is 94.3 Å². The number of aryl methyl sites for hydroxylation is 1. The third-order valence-corrected chi connectivity index (χ3v) is 6.17. The summed E-state index contributed by atoms with van der Waals surface area (Å²) in [6.07, 6.45) is 9.22. The first-order chi connectivity index (χ1) is 16.1. The Bertz CT molecular complexity index is 1240. The summed E-state index contributed by atoms with van der Waals surface area (Å²) in [7, 11) is 0. The zero-order valence-corrected chi connectivity index (χ0v) is 18.7. The van der Waals surface area contributed by atoms with Crippen molar-refractivity contribution in [3.05, 3.63) is 71.8 Å². The number of fused-ring (bicyclic) bond motifs is 1. The van der Waals surface area contributed by atoms with Crippen molar-refractivity contribution < 1.29 is 4.79 Å². The van der Waals surface area contributed by atoms with Gasteiger partial charge >= 0.3 is 0 Å². The zero-order valence-electron chi connectivity index (χ0n) is 18.7. The van der Waals surface area contributed by atoms with Gasteiger partial charge in [-0.3, -0.25) is 9.48 Å². The van der Waals surface area contributed by atoms with Gasteiger partial charge in [-0.25, -0.2) is 9.50 Å². The van der Waals surface area contributed by atoms with Gasteiger partial charge < -0.3 is 10.6 Å². The summed E-state index contributed by atoms with van der Waals surface area (Å²) in [4.78, 5) is 18.4. The Morgan fingerprint density at radius 2 is 1.82 bits per heavy atom. The number of hydrogen-bond donors (Lipinski definition) is 1. The Balaban J connectivity index is 1.26. The Labute approximate surface area is 193 Å². The summed E-state index contributed by atoms with van der Waals surface area (Å²) in [5.74, 6) is 0.345. The molecule has 0 aliphatic carbocycles. The molecule has 1 amide bonds. The molecule has 1 aliphatic heterocycles. The van der Waals surface area contributed by atoms with Crippen molar-refractivity contribution in [3.8, 4) is 11.3 Å². The van der Waals surface area contributed by atoms with Crippen LogP contribution in [-0.4, -0.2) is 54.8 Å². The largest absolute Gasteiger partial charge is 0.368 e. The minimum atomic E-state index is -0.427. The first-order valence-corrected chi connectivity index (χ1v) is 11.6. The fraction of sp³-hybridized carbons (Fsp3) is 0.360. The first-order valence-electron chi connectivity index (χ1n) is 11.6. The maximum absolute atomic E-state index is 11.2. The Kier molecular flexibility index (Phi) is 6.17. The number of nitrogens with zero attached hydrogens (tertiary/aromatic N) is 6. The van der Waals surface area contributed by atoms with Gasteiger partial charge in [0.05, 0.1) is 11.9 Å². The summed E-state index contributed by atoms with van der Waals surface area (Å²) in [5, 5.41) is 8.96. The summed E-state index contributed by atoms with van der Waals surface area (Å²) < 4.78 is 3.36. The number of carbonyl (C=O) groups excluding carboxylic acids is 1. The van der Waals surface area contributed by atoms with Crippen LogP contribution in [0.1, 0.15) is 36.2 Å². The average molecular weight is 444 g/mol. The lowest BCUT2D eigenvalue weighted by Crippen LogP contribution is -2.20. The minimum Gasteiger partial charge on any atom is -0.368 e. The van der Waals surface area contributed by atoms with Crippen LogP contribution in [0.2, 0.25) is 0 Å². The second-order valence-electron chi connectivity index (χ2n) is 8.75. The van der Waals surface area contributed by atoms with E-state index in [1.54, 1.807) is 12.4 Å². The highest BCUT2D eigenvalue weighted by molar-refractivity contribution is 5.73. The Morgan fingerprint density at radius 3 is 2.61 bits per heavy atom. The normalized spacial score (nSPS) is 14.3. The van der Waals surface area contributed by atoms with Crippen LogP contribution in [0, 0.1) is 0 Å². The van der Waals surface area contributed by atoms with Gasteiger partial charge in [0, 0.05) is 18.2 Å². The van der Waals surface area contributed by atoms with Crippen LogP contribution in [0.15, 0.2) is 54.9 Å². The number of pyridine rings is 1. The fourth-order valence-electron chi connectivity index (χ4n) is 4.50. The molecule has 1 aromatic carbocycles. The molecule has 4 aromatic rings. The van der Waals surface area contributed by atoms with Crippen molar-refractivity contribution in [1.29, 1.82) is 0 Å². The molecule has 0 atom stereocenters. The Hall–Kier alpha value is -3.52. The lowest BCUT2D eigenvalue weighted by molar-refractivity contribution is -0.118. The number of likely N-dealkylation sites (tertiary alicyclic amines) is 1. The predicted octanol–water partition coefficient (Wildman–Crippen LogP) is 2.70. The molecule has 0 radical (unpaired) electrons. The highest BCUT2D eigenvalue weighted by atomic mass is 16.1. The molecule has 5 rings (SSSR count). The fourth-order valence-corrected chi connectivity index (χ4v) is 4.50. The van der Waals surface area contributed by atoms with Crippen LogP contribution in [0.25, 0.3) is 16.9 Å². The van der Waals surface area contributed by atoms with Gasteiger partial charge in [-0.15, -0.1) is 0 Å². The molecule has 0 saturated carbocycles. The van der Waals surface area contributed by atoms with Gasteiger partial charge in [0.15, 0.2) is 11.5 Å². The number of rotatable bonds is 9. The quantitative estimate of drug-likeness (QED) is 0.429. The monoisotopic (exact) mass is 443 g/mol. The third-order valence-electron chi connectivity index (χ3n) is 6.17. The highest BCUT2D eigenvalue weighted by Gasteiger charge is 2.12. The van der Waals surface area contributed by atoms with Crippen molar-refractivity contribution >= 4 is 11.6 Å². The second kappa shape index (κ2) is 9.54. The molecule has 2 N–H and O–H groups in total. The highest BCUT2D eigenvalue weighted by Crippen LogP contribution is 2.20. The Morgan fingerprint density at radius 1 is 1.03 bits per heavy atom. The summed E-state index contributed by atoms with van der Waals surface area (Å²) in [6.45, 7) is 3.79. The van der Waals surface area contributed by atoms with E-state index in [2.05, 4.69) is 34.3 Å². The van der Waals surface area contributed by atoms with E-state index in [0.29, 0.717) is 6.42 Å². The van der Waals surface area contributed by atoms with Crippen LogP contribution in [0.5, 0.6) is 0 Å². The number of hydrogen-bond acceptors (Lipinski definition) is 5. The molecule has 1 aliphatic rings. The number of aromatic nitrogens is 5. The summed E-state index contributed by atoms with van der Waals surface area (Å²) in [6, 6.07) is 14.7. The van der Waals surface area contributed by atoms with Gasteiger partial charge in [0.2, 0.25) is 5.91 Å². The molecule has 0 unspecified atom stereocenters. The van der Waals surface area contributed by atoms with Crippen molar-refractivity contribution in [3.63, 3.8) is 0 Å². The third kappa shape index (κ3) is 5.12. The second-order valence-corrected chi connectivity index (χ2v) is 8.75. The molecular weight excluding hydrogens is 414 g/mol. The van der Waals surface area contributed by atoms with Crippen LogP contribution < -0.4 is 5.73 Å². The zero-order chi connectivity index (χ0) is 22.6. The predicted molar refractivity (Wildman–Crippen MR) is 127 cm³/mol. The van der Waals surface area contributed by atoms with Crippen molar-refractivity contribution in [1.82, 2.24) is 29.3 Å². The van der Waals surface area contributed by atoms with Crippen LogP contribution >= 0.6 is 0 Å². The molecule has 1 saturated heterocycles. The SMILES string of the molecule is NC(=O)Cn1cc(-c2cccc3nc(Cc4ccc(CCCN5CCCC5)cc4)nn23)cn1. The lowest BCUT2D eigenvalue weighted by Gasteiger charge is -2.13. The molecule has 0 bridgehead atoms. The van der Waals surface area contributed by atoms with Gasteiger partial charge in [-0.1, -0.05) is 30.3 Å². The maximum Gasteiger partial charge on any atom is 0.239 e. The molecule has 1 fully saturated rings. The minimum absolute atomic E-state index is 0.0484. The van der Waals surface area contributed by atoms with E-state index in [-0.39, 0.29) is 6.54 Å². The van der Waals surface area contributed by atoms with Crippen molar-refractivity contribution in [2.24, 2.45) is 5.73 Å². The molecule has 8 heteroatoms. The van der Waals surface area contributed by atoms with Gasteiger partial charge in [0.1, 0.15) is 6.54 Å².